The van der Waals surface area contributed by atoms with Crippen LogP contribution in [0.1, 0.15) is 16.9 Å². The maximum absolute atomic E-state index is 11.7. The first-order chi connectivity index (χ1) is 10.4. The zero-order chi connectivity index (χ0) is 16.2. The highest BCUT2D eigenvalue weighted by atomic mass is 31.2. The molecule has 2 aromatic rings. The highest BCUT2D eigenvalue weighted by molar-refractivity contribution is 7.52. The fourth-order valence-corrected chi connectivity index (χ4v) is 2.98. The van der Waals surface area contributed by atoms with Gasteiger partial charge in [-0.15, -0.1) is 0 Å². The van der Waals surface area contributed by atoms with Crippen molar-refractivity contribution >= 4 is 20.2 Å². The smallest absolute Gasteiger partial charge is 0.423 e. The maximum atomic E-state index is 11.7. The Morgan fingerprint density at radius 2 is 1.59 bits per heavy atom. The van der Waals surface area contributed by atoms with Gasteiger partial charge in [0, 0.05) is 6.54 Å². The van der Waals surface area contributed by atoms with Crippen molar-refractivity contribution in [3.63, 3.8) is 0 Å². The molecule has 0 aliphatic carbocycles. The summed E-state index contributed by atoms with van der Waals surface area (Å²) in [6, 6.07) is 15.1. The second-order valence-electron chi connectivity index (χ2n) is 4.90. The Hall–Kier alpha value is -1.47. The van der Waals surface area contributed by atoms with Crippen LogP contribution >= 0.6 is 7.60 Å². The van der Waals surface area contributed by atoms with E-state index < -0.39 is 20.5 Å². The summed E-state index contributed by atoms with van der Waals surface area (Å²) in [6.07, 6.45) is 0. The quantitative estimate of drug-likeness (QED) is 0.387. The molecule has 0 heterocycles. The Kier molecular flexibility index (Phi) is 5.53. The van der Waals surface area contributed by atoms with Crippen molar-refractivity contribution in [2.75, 3.05) is 0 Å². The summed E-state index contributed by atoms with van der Waals surface area (Å²) in [5.74, 6) is -1.16. The standard InChI is InChI=1S/C14H17BNO5P/c17-15(18)13-8-6-12(7-9-13)14(22(19,20)21)16-10-11-4-2-1-3-5-11/h1-9,14,16-18H,10H2,(H2,19,20,21)/t14-/m0/s1. The van der Waals surface area contributed by atoms with E-state index in [-0.39, 0.29) is 5.46 Å². The Bertz CT molecular complexity index is 644. The van der Waals surface area contributed by atoms with E-state index in [2.05, 4.69) is 5.32 Å². The zero-order valence-corrected chi connectivity index (χ0v) is 12.6. The van der Waals surface area contributed by atoms with E-state index in [1.165, 1.54) is 24.3 Å². The number of hydrogen-bond donors (Lipinski definition) is 5. The summed E-state index contributed by atoms with van der Waals surface area (Å²) < 4.78 is 11.7. The fraction of sp³-hybridized carbons (Fsp3) is 0.143. The van der Waals surface area contributed by atoms with Crippen LogP contribution in [0.25, 0.3) is 0 Å². The van der Waals surface area contributed by atoms with Gasteiger partial charge in [-0.3, -0.25) is 9.88 Å². The molecular weight excluding hydrogens is 304 g/mol. The van der Waals surface area contributed by atoms with Crippen LogP contribution in [0.3, 0.4) is 0 Å². The second-order valence-corrected chi connectivity index (χ2v) is 6.59. The molecular formula is C14H17BNO5P. The number of rotatable bonds is 6. The van der Waals surface area contributed by atoms with Crippen molar-refractivity contribution in [3.05, 3.63) is 65.7 Å². The van der Waals surface area contributed by atoms with Crippen LogP contribution in [0, 0.1) is 0 Å². The van der Waals surface area contributed by atoms with Crippen LogP contribution in [0.5, 0.6) is 0 Å². The van der Waals surface area contributed by atoms with Gasteiger partial charge in [0.05, 0.1) is 0 Å². The molecule has 8 heteroatoms. The van der Waals surface area contributed by atoms with Gasteiger partial charge in [-0.2, -0.15) is 0 Å². The summed E-state index contributed by atoms with van der Waals surface area (Å²) in [5, 5.41) is 21.0. The lowest BCUT2D eigenvalue weighted by atomic mass is 9.80. The highest BCUT2D eigenvalue weighted by Gasteiger charge is 2.30. The molecule has 6 nitrogen and oxygen atoms in total. The first kappa shape index (κ1) is 16.9. The van der Waals surface area contributed by atoms with E-state index >= 15 is 0 Å². The van der Waals surface area contributed by atoms with Crippen molar-refractivity contribution < 1.29 is 24.4 Å². The van der Waals surface area contributed by atoms with Crippen molar-refractivity contribution in [1.82, 2.24) is 5.32 Å². The second kappa shape index (κ2) is 7.20. The van der Waals surface area contributed by atoms with Gasteiger partial charge in [-0.1, -0.05) is 54.6 Å². The van der Waals surface area contributed by atoms with Gasteiger partial charge < -0.3 is 19.8 Å². The summed E-state index contributed by atoms with van der Waals surface area (Å²) in [6.45, 7) is 0.307. The average Bonchev–Trinajstić information content (AvgIpc) is 2.47. The minimum atomic E-state index is -4.41. The van der Waals surface area contributed by atoms with Crippen LogP contribution in [-0.4, -0.2) is 27.0 Å². The molecule has 1 atom stereocenters. The topological polar surface area (TPSA) is 110 Å². The van der Waals surface area contributed by atoms with E-state index in [9.17, 15) is 14.4 Å². The molecule has 2 rings (SSSR count). The van der Waals surface area contributed by atoms with Gasteiger partial charge in [-0.25, -0.2) is 0 Å². The molecule has 0 fully saturated rings. The number of benzene rings is 2. The van der Waals surface area contributed by atoms with Crippen molar-refractivity contribution in [1.29, 1.82) is 0 Å². The molecule has 22 heavy (non-hydrogen) atoms. The minimum Gasteiger partial charge on any atom is -0.423 e. The van der Waals surface area contributed by atoms with Crippen molar-refractivity contribution in [2.24, 2.45) is 0 Å². The highest BCUT2D eigenvalue weighted by Crippen LogP contribution is 2.49. The summed E-state index contributed by atoms with van der Waals surface area (Å²) in [7, 11) is -6.02. The zero-order valence-electron chi connectivity index (χ0n) is 11.7. The fourth-order valence-electron chi connectivity index (χ4n) is 2.09. The number of hydrogen-bond acceptors (Lipinski definition) is 4. The third kappa shape index (κ3) is 4.51. The third-order valence-electron chi connectivity index (χ3n) is 3.23. The van der Waals surface area contributed by atoms with E-state index in [1.807, 2.05) is 30.3 Å². The summed E-state index contributed by atoms with van der Waals surface area (Å²) in [4.78, 5) is 19.1. The van der Waals surface area contributed by atoms with E-state index in [4.69, 9.17) is 10.0 Å². The van der Waals surface area contributed by atoms with Crippen molar-refractivity contribution in [3.8, 4) is 0 Å². The van der Waals surface area contributed by atoms with Gasteiger partial charge in [0.25, 0.3) is 0 Å². The van der Waals surface area contributed by atoms with Gasteiger partial charge >= 0.3 is 14.7 Å². The third-order valence-corrected chi connectivity index (χ3v) is 4.38. The normalized spacial score (nSPS) is 12.9. The lowest BCUT2D eigenvalue weighted by Gasteiger charge is -2.20. The Morgan fingerprint density at radius 3 is 2.09 bits per heavy atom. The molecule has 0 saturated carbocycles. The van der Waals surface area contributed by atoms with Crippen LogP contribution in [0.4, 0.5) is 0 Å². The van der Waals surface area contributed by atoms with Crippen LogP contribution in [0.2, 0.25) is 0 Å². The molecule has 0 spiro atoms. The molecule has 0 radical (unpaired) electrons. The minimum absolute atomic E-state index is 0.260. The molecule has 0 bridgehead atoms. The van der Waals surface area contributed by atoms with Crippen LogP contribution in [0.15, 0.2) is 54.6 Å². The van der Waals surface area contributed by atoms with Gasteiger partial charge in [0.15, 0.2) is 0 Å². The van der Waals surface area contributed by atoms with Crippen LogP contribution in [-0.2, 0) is 11.1 Å². The van der Waals surface area contributed by atoms with E-state index in [0.29, 0.717) is 12.1 Å². The maximum Gasteiger partial charge on any atom is 0.488 e. The lowest BCUT2D eigenvalue weighted by molar-refractivity contribution is 0.347. The molecule has 0 saturated heterocycles. The predicted molar refractivity (Wildman–Crippen MR) is 84.3 cm³/mol. The molecule has 0 aliphatic heterocycles. The Morgan fingerprint density at radius 1 is 1.00 bits per heavy atom. The first-order valence-electron chi connectivity index (χ1n) is 6.66. The molecule has 116 valence electrons. The van der Waals surface area contributed by atoms with Crippen LogP contribution < -0.4 is 10.8 Å². The van der Waals surface area contributed by atoms with E-state index in [1.54, 1.807) is 0 Å². The molecule has 0 aliphatic rings. The first-order valence-corrected chi connectivity index (χ1v) is 8.34. The van der Waals surface area contributed by atoms with Gasteiger partial charge in [0.2, 0.25) is 0 Å². The van der Waals surface area contributed by atoms with Crippen molar-refractivity contribution in [2.45, 2.75) is 12.3 Å². The summed E-state index contributed by atoms with van der Waals surface area (Å²) >= 11 is 0. The molecule has 5 N–H and O–H groups in total. The van der Waals surface area contributed by atoms with E-state index in [0.717, 1.165) is 5.56 Å². The average molecular weight is 321 g/mol. The summed E-state index contributed by atoms with van der Waals surface area (Å²) in [5.41, 5.74) is 1.55. The monoisotopic (exact) mass is 321 g/mol. The largest absolute Gasteiger partial charge is 0.488 e. The van der Waals surface area contributed by atoms with Gasteiger partial charge in [-0.05, 0) is 16.6 Å². The van der Waals surface area contributed by atoms with Gasteiger partial charge in [0.1, 0.15) is 5.78 Å². The Balaban J connectivity index is 2.18. The predicted octanol–water partition coefficient (Wildman–Crippen LogP) is 0.332. The molecule has 0 amide bonds. The lowest BCUT2D eigenvalue weighted by Crippen LogP contribution is -2.30. The number of nitrogens with one attached hydrogen (secondary N) is 1. The SMILES string of the molecule is O=P(O)(O)[C@H](NCc1ccccc1)c1ccc(B(O)O)cc1. The molecule has 0 aromatic heterocycles. The Labute approximate surface area is 128 Å². The molecule has 0 unspecified atom stereocenters. The molecule has 2 aromatic carbocycles.